The standard InChI is InChI=1S/C26H23FN2O6/c27-16-11-15(24(31)29-23(9-10-30)25(32)33)12-17(13-16)28-26(34)35-14-22-20-7-3-1-5-18(20)19-6-2-4-8-21(19)22/h1-8,11-13,22-23,30H,9-10,14H2,(H,28,34)(H,29,31)(H,32,33)/t23-/m0/s1. The van der Waals surface area contributed by atoms with E-state index in [4.69, 9.17) is 14.9 Å². The molecule has 0 aliphatic heterocycles. The number of nitrogens with one attached hydrogen (secondary N) is 2. The highest BCUT2D eigenvalue weighted by Crippen LogP contribution is 2.44. The van der Waals surface area contributed by atoms with Crippen LogP contribution in [0.25, 0.3) is 11.1 Å². The first-order valence-corrected chi connectivity index (χ1v) is 10.9. The summed E-state index contributed by atoms with van der Waals surface area (Å²) in [6, 6.07) is 17.5. The second-order valence-electron chi connectivity index (χ2n) is 8.06. The van der Waals surface area contributed by atoms with Crippen molar-refractivity contribution in [3.05, 3.63) is 89.2 Å². The van der Waals surface area contributed by atoms with Crippen LogP contribution in [0.4, 0.5) is 14.9 Å². The van der Waals surface area contributed by atoms with Gasteiger partial charge in [0.15, 0.2) is 0 Å². The van der Waals surface area contributed by atoms with E-state index in [9.17, 15) is 18.8 Å². The lowest BCUT2D eigenvalue weighted by Crippen LogP contribution is -2.41. The fraction of sp³-hybridized carbons (Fsp3) is 0.192. The molecule has 35 heavy (non-hydrogen) atoms. The smallest absolute Gasteiger partial charge is 0.411 e. The maximum Gasteiger partial charge on any atom is 0.411 e. The second-order valence-corrected chi connectivity index (χ2v) is 8.06. The van der Waals surface area contributed by atoms with Gasteiger partial charge in [0.25, 0.3) is 5.91 Å². The van der Waals surface area contributed by atoms with E-state index in [-0.39, 0.29) is 30.2 Å². The molecule has 3 aromatic rings. The Labute approximate surface area is 200 Å². The number of aliphatic hydroxyl groups is 1. The van der Waals surface area contributed by atoms with Crippen molar-refractivity contribution in [2.45, 2.75) is 18.4 Å². The summed E-state index contributed by atoms with van der Waals surface area (Å²) in [5.74, 6) is -3.15. The zero-order valence-electron chi connectivity index (χ0n) is 18.5. The van der Waals surface area contributed by atoms with Crippen LogP contribution in [0.1, 0.15) is 33.8 Å². The fourth-order valence-electron chi connectivity index (χ4n) is 4.17. The van der Waals surface area contributed by atoms with Gasteiger partial charge < -0.3 is 20.3 Å². The summed E-state index contributed by atoms with van der Waals surface area (Å²) >= 11 is 0. The van der Waals surface area contributed by atoms with Crippen molar-refractivity contribution in [3.8, 4) is 11.1 Å². The Balaban J connectivity index is 1.43. The number of carboxylic acid groups (broad SMARTS) is 1. The van der Waals surface area contributed by atoms with Crippen LogP contribution >= 0.6 is 0 Å². The van der Waals surface area contributed by atoms with Crippen LogP contribution in [0.5, 0.6) is 0 Å². The molecule has 180 valence electrons. The summed E-state index contributed by atoms with van der Waals surface area (Å²) in [4.78, 5) is 36.1. The van der Waals surface area contributed by atoms with Crippen LogP contribution < -0.4 is 10.6 Å². The number of carbonyl (C=O) groups excluding carboxylic acids is 2. The topological polar surface area (TPSA) is 125 Å². The zero-order chi connectivity index (χ0) is 24.9. The Hall–Kier alpha value is -4.24. The Morgan fingerprint density at radius 3 is 2.20 bits per heavy atom. The van der Waals surface area contributed by atoms with E-state index < -0.39 is 36.4 Å². The van der Waals surface area contributed by atoms with Gasteiger partial charge in [-0.25, -0.2) is 14.0 Å². The lowest BCUT2D eigenvalue weighted by molar-refractivity contribution is -0.139. The van der Waals surface area contributed by atoms with Crippen molar-refractivity contribution in [2.75, 3.05) is 18.5 Å². The van der Waals surface area contributed by atoms with Crippen molar-refractivity contribution in [2.24, 2.45) is 0 Å². The summed E-state index contributed by atoms with van der Waals surface area (Å²) in [6.07, 6.45) is -1.03. The van der Waals surface area contributed by atoms with Crippen molar-refractivity contribution in [3.63, 3.8) is 0 Å². The minimum absolute atomic E-state index is 0.0265. The molecule has 9 heteroatoms. The summed E-state index contributed by atoms with van der Waals surface area (Å²) in [5.41, 5.74) is 4.03. The first-order valence-electron chi connectivity index (χ1n) is 10.9. The lowest BCUT2D eigenvalue weighted by atomic mass is 9.98. The molecule has 0 bridgehead atoms. The van der Waals surface area contributed by atoms with Crippen LogP contribution in [0.2, 0.25) is 0 Å². The fourth-order valence-corrected chi connectivity index (χ4v) is 4.17. The van der Waals surface area contributed by atoms with E-state index >= 15 is 0 Å². The third kappa shape index (κ3) is 5.30. The molecule has 1 atom stereocenters. The minimum Gasteiger partial charge on any atom is -0.480 e. The van der Waals surface area contributed by atoms with Crippen molar-refractivity contribution < 1.29 is 33.7 Å². The number of rotatable bonds is 8. The highest BCUT2D eigenvalue weighted by Gasteiger charge is 2.29. The monoisotopic (exact) mass is 478 g/mol. The van der Waals surface area contributed by atoms with Crippen LogP contribution in [0, 0.1) is 5.82 Å². The van der Waals surface area contributed by atoms with Gasteiger partial charge in [-0.2, -0.15) is 0 Å². The van der Waals surface area contributed by atoms with Crippen LogP contribution in [-0.4, -0.2) is 47.4 Å². The molecular formula is C26H23FN2O6. The lowest BCUT2D eigenvalue weighted by Gasteiger charge is -2.15. The molecule has 1 aliphatic rings. The van der Waals surface area contributed by atoms with E-state index in [2.05, 4.69) is 10.6 Å². The summed E-state index contributed by atoms with van der Waals surface area (Å²) < 4.78 is 19.5. The molecule has 0 heterocycles. The van der Waals surface area contributed by atoms with Crippen molar-refractivity contribution in [1.82, 2.24) is 5.32 Å². The van der Waals surface area contributed by atoms with E-state index in [0.29, 0.717) is 0 Å². The number of halogens is 1. The molecule has 0 saturated carbocycles. The molecule has 0 unspecified atom stereocenters. The van der Waals surface area contributed by atoms with Gasteiger partial charge in [-0.05, 0) is 40.5 Å². The molecule has 0 saturated heterocycles. The SMILES string of the molecule is O=C(Nc1cc(F)cc(C(=O)N[C@@H](CCO)C(=O)O)c1)OCC1c2ccccc2-c2ccccc21. The third-order valence-corrected chi connectivity index (χ3v) is 5.77. The Kier molecular flexibility index (Phi) is 7.07. The number of carbonyl (C=O) groups is 3. The van der Waals surface area contributed by atoms with Gasteiger partial charge in [0, 0.05) is 30.2 Å². The molecule has 2 amide bonds. The van der Waals surface area contributed by atoms with Crippen LogP contribution in [0.15, 0.2) is 66.7 Å². The quantitative estimate of drug-likeness (QED) is 0.391. The molecule has 0 aromatic heterocycles. The van der Waals surface area contributed by atoms with E-state index in [1.165, 1.54) is 6.07 Å². The van der Waals surface area contributed by atoms with Crippen molar-refractivity contribution in [1.29, 1.82) is 0 Å². The number of amides is 2. The predicted octanol–water partition coefficient (Wildman–Crippen LogP) is 3.75. The Bertz CT molecular complexity index is 1230. The maximum atomic E-state index is 14.1. The first-order chi connectivity index (χ1) is 16.9. The van der Waals surface area contributed by atoms with Gasteiger partial charge in [-0.1, -0.05) is 48.5 Å². The average molecular weight is 478 g/mol. The molecule has 0 radical (unpaired) electrons. The normalized spacial score (nSPS) is 12.9. The van der Waals surface area contributed by atoms with Gasteiger partial charge in [-0.3, -0.25) is 10.1 Å². The van der Waals surface area contributed by atoms with Gasteiger partial charge >= 0.3 is 12.1 Å². The van der Waals surface area contributed by atoms with Crippen molar-refractivity contribution >= 4 is 23.7 Å². The minimum atomic E-state index is -1.34. The predicted molar refractivity (Wildman–Crippen MR) is 126 cm³/mol. The van der Waals surface area contributed by atoms with Gasteiger partial charge in [0.2, 0.25) is 0 Å². The Morgan fingerprint density at radius 2 is 1.60 bits per heavy atom. The van der Waals surface area contributed by atoms with Crippen LogP contribution in [0.3, 0.4) is 0 Å². The number of fused-ring (bicyclic) bond motifs is 3. The highest BCUT2D eigenvalue weighted by molar-refractivity contribution is 5.98. The maximum absolute atomic E-state index is 14.1. The summed E-state index contributed by atoms with van der Waals surface area (Å²) in [5, 5.41) is 22.7. The molecule has 1 aliphatic carbocycles. The van der Waals surface area contributed by atoms with Gasteiger partial charge in [-0.15, -0.1) is 0 Å². The average Bonchev–Trinajstić information content (AvgIpc) is 3.15. The molecule has 4 rings (SSSR count). The van der Waals surface area contributed by atoms with E-state index in [1.54, 1.807) is 0 Å². The highest BCUT2D eigenvalue weighted by atomic mass is 19.1. The number of ether oxygens (including phenoxy) is 1. The molecule has 3 aromatic carbocycles. The number of hydrogen-bond donors (Lipinski definition) is 4. The number of benzene rings is 3. The third-order valence-electron chi connectivity index (χ3n) is 5.77. The number of carboxylic acids is 1. The second kappa shape index (κ2) is 10.4. The summed E-state index contributed by atoms with van der Waals surface area (Å²) in [7, 11) is 0. The zero-order valence-corrected chi connectivity index (χ0v) is 18.5. The van der Waals surface area contributed by atoms with E-state index in [1.807, 2.05) is 48.5 Å². The number of hydrogen-bond acceptors (Lipinski definition) is 5. The molecule has 8 nitrogen and oxygen atoms in total. The summed E-state index contributed by atoms with van der Waals surface area (Å²) in [6.45, 7) is -0.390. The molecular weight excluding hydrogens is 455 g/mol. The number of anilines is 1. The first kappa shape index (κ1) is 23.9. The van der Waals surface area contributed by atoms with E-state index in [0.717, 1.165) is 34.4 Å². The van der Waals surface area contributed by atoms with Gasteiger partial charge in [0.1, 0.15) is 18.5 Å². The Morgan fingerprint density at radius 1 is 0.971 bits per heavy atom. The van der Waals surface area contributed by atoms with Gasteiger partial charge in [0.05, 0.1) is 0 Å². The molecule has 0 spiro atoms. The molecule has 4 N–H and O–H groups in total. The number of aliphatic hydroxyl groups excluding tert-OH is 1. The number of aliphatic carboxylic acids is 1. The van der Waals surface area contributed by atoms with Crippen LogP contribution in [-0.2, 0) is 9.53 Å². The largest absolute Gasteiger partial charge is 0.480 e. The molecule has 0 fully saturated rings.